The lowest BCUT2D eigenvalue weighted by atomic mass is 10.2. The number of benzene rings is 1. The van der Waals surface area contributed by atoms with Crippen LogP contribution in [-0.2, 0) is 13.0 Å². The molecule has 3 rings (SSSR count). The Morgan fingerprint density at radius 2 is 2.12 bits per heavy atom. The van der Waals surface area contributed by atoms with Crippen LogP contribution in [0.25, 0.3) is 10.9 Å². The van der Waals surface area contributed by atoms with E-state index in [0.717, 1.165) is 36.1 Å². The van der Waals surface area contributed by atoms with Gasteiger partial charge < -0.3 is 4.57 Å². The Balaban J connectivity index is 2.33. The van der Waals surface area contributed by atoms with Crippen molar-refractivity contribution in [2.75, 3.05) is 0 Å². The van der Waals surface area contributed by atoms with Crippen molar-refractivity contribution in [1.29, 1.82) is 5.41 Å². The van der Waals surface area contributed by atoms with E-state index in [1.165, 1.54) is 12.8 Å². The first-order chi connectivity index (χ1) is 8.25. The molecule has 0 saturated heterocycles. The third-order valence-electron chi connectivity index (χ3n) is 3.33. The lowest BCUT2D eigenvalue weighted by molar-refractivity contribution is 0.602. The number of aromatic nitrogens is 2. The summed E-state index contributed by atoms with van der Waals surface area (Å²) in [7, 11) is 0. The molecular formula is C13H14ClN3. The minimum Gasteiger partial charge on any atom is -0.314 e. The molecule has 3 nitrogen and oxygen atoms in total. The van der Waals surface area contributed by atoms with Gasteiger partial charge in [-0.2, -0.15) is 0 Å². The lowest BCUT2D eigenvalue weighted by Crippen LogP contribution is -2.24. The van der Waals surface area contributed by atoms with Crippen molar-refractivity contribution in [3.05, 3.63) is 34.5 Å². The Bertz CT molecular complexity index is 630. The summed E-state index contributed by atoms with van der Waals surface area (Å²) in [4.78, 5) is 4.66. The molecule has 0 spiro atoms. The van der Waals surface area contributed by atoms with Crippen molar-refractivity contribution >= 4 is 22.5 Å². The van der Waals surface area contributed by atoms with E-state index >= 15 is 0 Å². The van der Waals surface area contributed by atoms with Gasteiger partial charge in [0.15, 0.2) is 0 Å². The Morgan fingerprint density at radius 1 is 1.24 bits per heavy atom. The number of hydrogen-bond donors (Lipinski definition) is 1. The van der Waals surface area contributed by atoms with E-state index < -0.39 is 0 Å². The van der Waals surface area contributed by atoms with Gasteiger partial charge in [-0.25, -0.2) is 4.98 Å². The number of nitrogens with zero attached hydrogens (tertiary/aromatic N) is 2. The highest BCUT2D eigenvalue weighted by Crippen LogP contribution is 2.18. The molecular weight excluding hydrogens is 234 g/mol. The second-order valence-corrected chi connectivity index (χ2v) is 4.94. The highest BCUT2D eigenvalue weighted by Gasteiger charge is 2.11. The molecule has 1 aliphatic rings. The van der Waals surface area contributed by atoms with Gasteiger partial charge >= 0.3 is 0 Å². The van der Waals surface area contributed by atoms with Gasteiger partial charge in [-0.3, -0.25) is 5.41 Å². The van der Waals surface area contributed by atoms with Crippen LogP contribution in [0.1, 0.15) is 25.1 Å². The summed E-state index contributed by atoms with van der Waals surface area (Å²) in [5, 5.41) is 9.84. The van der Waals surface area contributed by atoms with Crippen LogP contribution < -0.4 is 5.49 Å². The normalized spacial score (nSPS) is 15.6. The van der Waals surface area contributed by atoms with E-state index in [0.29, 0.717) is 10.5 Å². The maximum atomic E-state index is 8.27. The SMILES string of the molecule is N=c1c2ccc(Cl)cc2nc2n1CCCCC2. The first-order valence-corrected chi connectivity index (χ1v) is 6.37. The molecule has 0 bridgehead atoms. The zero-order valence-electron chi connectivity index (χ0n) is 9.54. The zero-order chi connectivity index (χ0) is 11.8. The van der Waals surface area contributed by atoms with E-state index in [-0.39, 0.29) is 0 Å². The predicted octanol–water partition coefficient (Wildman–Crippen LogP) is 2.90. The van der Waals surface area contributed by atoms with Crippen LogP contribution in [0.5, 0.6) is 0 Å². The van der Waals surface area contributed by atoms with Crippen molar-refractivity contribution < 1.29 is 0 Å². The van der Waals surface area contributed by atoms with Gasteiger partial charge in [0.1, 0.15) is 11.3 Å². The van der Waals surface area contributed by atoms with Gasteiger partial charge in [0.2, 0.25) is 0 Å². The van der Waals surface area contributed by atoms with E-state index in [2.05, 4.69) is 4.98 Å². The smallest absolute Gasteiger partial charge is 0.135 e. The van der Waals surface area contributed by atoms with Crippen molar-refractivity contribution in [3.8, 4) is 0 Å². The zero-order valence-corrected chi connectivity index (χ0v) is 10.3. The molecule has 2 aromatic rings. The van der Waals surface area contributed by atoms with Crippen molar-refractivity contribution in [3.63, 3.8) is 0 Å². The van der Waals surface area contributed by atoms with Crippen LogP contribution in [0.3, 0.4) is 0 Å². The van der Waals surface area contributed by atoms with Crippen molar-refractivity contribution in [1.82, 2.24) is 9.55 Å². The predicted molar refractivity (Wildman–Crippen MR) is 68.2 cm³/mol. The number of aryl methyl sites for hydroxylation is 1. The van der Waals surface area contributed by atoms with Gasteiger partial charge in [0.05, 0.1) is 5.52 Å². The van der Waals surface area contributed by atoms with Gasteiger partial charge in [-0.1, -0.05) is 18.0 Å². The van der Waals surface area contributed by atoms with Gasteiger partial charge in [0, 0.05) is 23.4 Å². The molecule has 0 saturated carbocycles. The Kier molecular flexibility index (Phi) is 2.63. The molecule has 0 fully saturated rings. The molecule has 0 unspecified atom stereocenters. The molecule has 4 heteroatoms. The van der Waals surface area contributed by atoms with Crippen LogP contribution in [0.15, 0.2) is 18.2 Å². The summed E-state index contributed by atoms with van der Waals surface area (Å²) >= 11 is 5.98. The summed E-state index contributed by atoms with van der Waals surface area (Å²) in [5.74, 6) is 1.03. The molecule has 2 heterocycles. The van der Waals surface area contributed by atoms with Gasteiger partial charge in [-0.15, -0.1) is 0 Å². The highest BCUT2D eigenvalue weighted by atomic mass is 35.5. The average Bonchev–Trinajstić information content (AvgIpc) is 2.54. The van der Waals surface area contributed by atoms with Crippen molar-refractivity contribution in [2.45, 2.75) is 32.2 Å². The van der Waals surface area contributed by atoms with E-state index in [1.54, 1.807) is 0 Å². The lowest BCUT2D eigenvalue weighted by Gasteiger charge is -2.11. The van der Waals surface area contributed by atoms with Gasteiger partial charge in [-0.05, 0) is 31.0 Å². The fraction of sp³-hybridized carbons (Fsp3) is 0.385. The Labute approximate surface area is 105 Å². The summed E-state index contributed by atoms with van der Waals surface area (Å²) in [6, 6.07) is 5.57. The Hall–Kier alpha value is -1.35. The fourth-order valence-electron chi connectivity index (χ4n) is 2.43. The summed E-state index contributed by atoms with van der Waals surface area (Å²) in [6.07, 6.45) is 4.50. The number of rotatable bonds is 0. The summed E-state index contributed by atoms with van der Waals surface area (Å²) in [5.41, 5.74) is 1.42. The number of hydrogen-bond acceptors (Lipinski definition) is 2. The van der Waals surface area contributed by atoms with Crippen LogP contribution in [0.4, 0.5) is 0 Å². The monoisotopic (exact) mass is 247 g/mol. The fourth-order valence-corrected chi connectivity index (χ4v) is 2.60. The minimum absolute atomic E-state index is 0.573. The van der Waals surface area contributed by atoms with E-state index in [4.69, 9.17) is 17.0 Å². The molecule has 0 amide bonds. The number of nitrogens with one attached hydrogen (secondary N) is 1. The Morgan fingerprint density at radius 3 is 3.00 bits per heavy atom. The van der Waals surface area contributed by atoms with Crippen LogP contribution in [0.2, 0.25) is 5.02 Å². The number of fused-ring (bicyclic) bond motifs is 2. The molecule has 1 aromatic carbocycles. The summed E-state index contributed by atoms with van der Waals surface area (Å²) in [6.45, 7) is 0.916. The topological polar surface area (TPSA) is 41.7 Å². The van der Waals surface area contributed by atoms with E-state index in [1.807, 2.05) is 22.8 Å². The third kappa shape index (κ3) is 1.84. The number of halogens is 1. The third-order valence-corrected chi connectivity index (χ3v) is 3.56. The second-order valence-electron chi connectivity index (χ2n) is 4.50. The summed E-state index contributed by atoms with van der Waals surface area (Å²) < 4.78 is 2.04. The first kappa shape index (κ1) is 10.8. The average molecular weight is 248 g/mol. The molecule has 0 radical (unpaired) electrons. The second kappa shape index (κ2) is 4.15. The van der Waals surface area contributed by atoms with Crippen LogP contribution in [-0.4, -0.2) is 9.55 Å². The largest absolute Gasteiger partial charge is 0.314 e. The van der Waals surface area contributed by atoms with Crippen molar-refractivity contribution in [2.24, 2.45) is 0 Å². The van der Waals surface area contributed by atoms with Crippen LogP contribution in [0, 0.1) is 5.41 Å². The molecule has 1 N–H and O–H groups in total. The molecule has 1 aliphatic heterocycles. The van der Waals surface area contributed by atoms with Crippen LogP contribution >= 0.6 is 11.6 Å². The molecule has 1 aromatic heterocycles. The van der Waals surface area contributed by atoms with Gasteiger partial charge in [0.25, 0.3) is 0 Å². The quantitative estimate of drug-likeness (QED) is 0.764. The molecule has 0 aliphatic carbocycles. The highest BCUT2D eigenvalue weighted by molar-refractivity contribution is 6.31. The molecule has 0 atom stereocenters. The maximum absolute atomic E-state index is 8.27. The maximum Gasteiger partial charge on any atom is 0.135 e. The minimum atomic E-state index is 0.573. The molecule has 17 heavy (non-hydrogen) atoms. The van der Waals surface area contributed by atoms with E-state index in [9.17, 15) is 0 Å². The standard InChI is InChI=1S/C13H14ClN3/c14-9-5-6-10-11(8-9)16-12-4-2-1-3-7-17(12)13(10)15/h5-6,8,15H,1-4,7H2. The first-order valence-electron chi connectivity index (χ1n) is 5.99. The molecule has 88 valence electrons.